The second kappa shape index (κ2) is 12.1. The predicted molar refractivity (Wildman–Crippen MR) is 145 cm³/mol. The van der Waals surface area contributed by atoms with Gasteiger partial charge in [-0.25, -0.2) is 9.97 Å². The van der Waals surface area contributed by atoms with Gasteiger partial charge in [0.15, 0.2) is 0 Å². The molecule has 4 heterocycles. The van der Waals surface area contributed by atoms with Crippen LogP contribution in [-0.2, 0) is 10.5 Å². The summed E-state index contributed by atoms with van der Waals surface area (Å²) in [7, 11) is 0. The minimum absolute atomic E-state index is 0. The van der Waals surface area contributed by atoms with Gasteiger partial charge in [0.2, 0.25) is 5.91 Å². The van der Waals surface area contributed by atoms with Crippen LogP contribution < -0.4 is 4.90 Å². The Morgan fingerprint density at radius 1 is 1.06 bits per heavy atom. The lowest BCUT2D eigenvalue weighted by molar-refractivity contribution is -0.133. The molecule has 3 aliphatic heterocycles. The molecular weight excluding hydrogens is 513 g/mol. The summed E-state index contributed by atoms with van der Waals surface area (Å²) in [5, 5.41) is 1.13. The molecule has 3 aliphatic rings. The summed E-state index contributed by atoms with van der Waals surface area (Å²) in [5.41, 5.74) is 3.51. The van der Waals surface area contributed by atoms with Crippen LogP contribution in [0.2, 0.25) is 5.02 Å². The molecule has 2 fully saturated rings. The molecule has 1 aromatic carbocycles. The van der Waals surface area contributed by atoms with Crippen molar-refractivity contribution in [2.75, 3.05) is 50.7 Å². The number of hydrogen-bond acceptors (Lipinski definition) is 6. The molecule has 10 heteroatoms. The molecule has 186 valence electrons. The lowest BCUT2D eigenvalue weighted by Crippen LogP contribution is -2.51. The van der Waals surface area contributed by atoms with Crippen LogP contribution in [0, 0.1) is 0 Å². The molecule has 0 aliphatic carbocycles. The summed E-state index contributed by atoms with van der Waals surface area (Å²) in [6.07, 6.45) is 4.14. The number of rotatable bonds is 5. The highest BCUT2D eigenvalue weighted by Crippen LogP contribution is 2.44. The summed E-state index contributed by atoms with van der Waals surface area (Å²) in [6, 6.07) is 7.82. The Bertz CT molecular complexity index is 966. The van der Waals surface area contributed by atoms with E-state index in [1.54, 1.807) is 6.33 Å². The monoisotopic (exact) mass is 543 g/mol. The fraction of sp³-hybridized carbons (Fsp3) is 0.542. The van der Waals surface area contributed by atoms with Gasteiger partial charge in [0, 0.05) is 54.3 Å². The summed E-state index contributed by atoms with van der Waals surface area (Å²) in [4.78, 5) is 29.6. The first kappa shape index (κ1) is 27.3. The van der Waals surface area contributed by atoms with Gasteiger partial charge in [-0.3, -0.25) is 4.79 Å². The second-order valence-electron chi connectivity index (χ2n) is 8.94. The van der Waals surface area contributed by atoms with Crippen molar-refractivity contribution in [1.82, 2.24) is 19.8 Å². The Labute approximate surface area is 223 Å². The first-order valence-electron chi connectivity index (χ1n) is 11.6. The summed E-state index contributed by atoms with van der Waals surface area (Å²) in [6.45, 7) is 8.26. The number of thioether (sulfide) groups is 1. The Kier molecular flexibility index (Phi) is 9.75. The number of anilines is 1. The number of carbonyl (C=O) groups excluding carboxylic acids is 1. The van der Waals surface area contributed by atoms with E-state index in [9.17, 15) is 4.79 Å². The lowest BCUT2D eigenvalue weighted by atomic mass is 9.96. The largest absolute Gasteiger partial charge is 0.353 e. The molecule has 6 nitrogen and oxygen atoms in total. The average molecular weight is 545 g/mol. The van der Waals surface area contributed by atoms with Gasteiger partial charge in [0.1, 0.15) is 12.1 Å². The van der Waals surface area contributed by atoms with Crippen molar-refractivity contribution in [3.05, 3.63) is 52.4 Å². The summed E-state index contributed by atoms with van der Waals surface area (Å²) < 4.78 is 0. The lowest BCUT2D eigenvalue weighted by Gasteiger charge is -2.38. The van der Waals surface area contributed by atoms with Gasteiger partial charge < -0.3 is 14.7 Å². The Morgan fingerprint density at radius 2 is 1.74 bits per heavy atom. The summed E-state index contributed by atoms with van der Waals surface area (Å²) in [5.74, 6) is 2.11. The molecular formula is C24H32Cl3N5OS. The van der Waals surface area contributed by atoms with Gasteiger partial charge in [-0.2, -0.15) is 0 Å². The zero-order valence-corrected chi connectivity index (χ0v) is 22.6. The number of halogens is 3. The highest BCUT2D eigenvalue weighted by molar-refractivity contribution is 7.99. The van der Waals surface area contributed by atoms with Crippen LogP contribution in [0.1, 0.15) is 47.8 Å². The minimum atomic E-state index is -0.142. The van der Waals surface area contributed by atoms with Crippen molar-refractivity contribution >= 4 is 59.9 Å². The fourth-order valence-electron chi connectivity index (χ4n) is 5.10. The first-order chi connectivity index (χ1) is 15.6. The highest BCUT2D eigenvalue weighted by atomic mass is 35.5. The number of amides is 1. The average Bonchev–Trinajstić information content (AvgIpc) is 3.48. The number of hydrogen-bond donors (Lipinski definition) is 0. The number of fused-ring (bicyclic) bond motifs is 1. The number of benzene rings is 1. The fourth-order valence-corrected chi connectivity index (χ4v) is 6.27. The third-order valence-electron chi connectivity index (χ3n) is 6.92. The quantitative estimate of drug-likeness (QED) is 0.538. The van der Waals surface area contributed by atoms with Gasteiger partial charge in [-0.15, -0.1) is 36.6 Å². The standard InChI is InChI=1S/C24H30ClN5OS.2ClH/c1-17-22-21(15-32-17)26-16-27-23(22)29-10-12-30(13-11-29)24(31)20(14-28-8-2-3-9-28)18-4-6-19(25)7-5-18;;/h4-7,16-17,20H,2-3,8-15H2,1H3;2*1H/t17-,20?;;/m0../s1. The van der Waals surface area contributed by atoms with Crippen molar-refractivity contribution in [3.8, 4) is 0 Å². The Morgan fingerprint density at radius 3 is 2.41 bits per heavy atom. The molecule has 2 aromatic rings. The van der Waals surface area contributed by atoms with E-state index in [-0.39, 0.29) is 36.6 Å². The van der Waals surface area contributed by atoms with Crippen LogP contribution in [0.25, 0.3) is 0 Å². The summed E-state index contributed by atoms with van der Waals surface area (Å²) >= 11 is 8.04. The SMILES string of the molecule is C[C@@H]1SCc2ncnc(N3CCN(C(=O)C(CN4CCCC4)c4ccc(Cl)cc4)CC3)c21.Cl.Cl. The van der Waals surface area contributed by atoms with E-state index in [2.05, 4.69) is 26.7 Å². The topological polar surface area (TPSA) is 52.6 Å². The number of carbonyl (C=O) groups is 1. The zero-order chi connectivity index (χ0) is 22.1. The van der Waals surface area contributed by atoms with Crippen LogP contribution in [0.4, 0.5) is 5.82 Å². The maximum Gasteiger partial charge on any atom is 0.231 e. The molecule has 2 saturated heterocycles. The Hall–Kier alpha value is -1.25. The van der Waals surface area contributed by atoms with E-state index in [4.69, 9.17) is 11.6 Å². The predicted octanol–water partition coefficient (Wildman–Crippen LogP) is 4.81. The minimum Gasteiger partial charge on any atom is -0.353 e. The molecule has 0 N–H and O–H groups in total. The van der Waals surface area contributed by atoms with Gasteiger partial charge in [0.05, 0.1) is 11.6 Å². The van der Waals surface area contributed by atoms with E-state index in [0.29, 0.717) is 10.3 Å². The molecule has 1 aromatic heterocycles. The maximum absolute atomic E-state index is 13.7. The Balaban J connectivity index is 0.00000162. The van der Waals surface area contributed by atoms with E-state index in [0.717, 1.165) is 62.9 Å². The van der Waals surface area contributed by atoms with E-state index < -0.39 is 0 Å². The number of likely N-dealkylation sites (tertiary alicyclic amines) is 1. The van der Waals surface area contributed by atoms with Gasteiger partial charge in [0.25, 0.3) is 0 Å². The van der Waals surface area contributed by atoms with Crippen molar-refractivity contribution in [3.63, 3.8) is 0 Å². The van der Waals surface area contributed by atoms with Gasteiger partial charge in [-0.1, -0.05) is 23.7 Å². The van der Waals surface area contributed by atoms with Crippen molar-refractivity contribution in [2.24, 2.45) is 0 Å². The molecule has 2 atom stereocenters. The third-order valence-corrected chi connectivity index (χ3v) is 8.35. The van der Waals surface area contributed by atoms with Gasteiger partial charge in [-0.05, 0) is 50.6 Å². The normalized spacial score (nSPS) is 20.9. The molecule has 5 rings (SSSR count). The number of aromatic nitrogens is 2. The first-order valence-corrected chi connectivity index (χ1v) is 13.0. The van der Waals surface area contributed by atoms with Crippen molar-refractivity contribution in [2.45, 2.75) is 36.7 Å². The molecule has 0 radical (unpaired) electrons. The smallest absolute Gasteiger partial charge is 0.231 e. The maximum atomic E-state index is 13.7. The van der Waals surface area contributed by atoms with E-state index in [1.165, 1.54) is 24.1 Å². The van der Waals surface area contributed by atoms with Crippen LogP contribution in [0.3, 0.4) is 0 Å². The van der Waals surface area contributed by atoms with Crippen LogP contribution in [0.15, 0.2) is 30.6 Å². The molecule has 0 saturated carbocycles. The van der Waals surface area contributed by atoms with E-state index in [1.807, 2.05) is 40.9 Å². The zero-order valence-electron chi connectivity index (χ0n) is 19.4. The van der Waals surface area contributed by atoms with E-state index >= 15 is 0 Å². The molecule has 1 amide bonds. The molecule has 1 unspecified atom stereocenters. The van der Waals surface area contributed by atoms with Gasteiger partial charge >= 0.3 is 0 Å². The third kappa shape index (κ3) is 5.76. The van der Waals surface area contributed by atoms with Crippen LogP contribution in [0.5, 0.6) is 0 Å². The second-order valence-corrected chi connectivity index (χ2v) is 10.7. The highest BCUT2D eigenvalue weighted by Gasteiger charge is 2.33. The molecule has 34 heavy (non-hydrogen) atoms. The van der Waals surface area contributed by atoms with Crippen LogP contribution >= 0.6 is 48.2 Å². The van der Waals surface area contributed by atoms with Crippen molar-refractivity contribution in [1.29, 1.82) is 0 Å². The molecule has 0 bridgehead atoms. The molecule has 0 spiro atoms. The number of piperazine rings is 1. The number of nitrogens with zero attached hydrogens (tertiary/aromatic N) is 5. The van der Waals surface area contributed by atoms with Crippen molar-refractivity contribution < 1.29 is 4.79 Å². The van der Waals surface area contributed by atoms with Crippen LogP contribution in [-0.4, -0.2) is 71.5 Å².